The van der Waals surface area contributed by atoms with Gasteiger partial charge in [0.25, 0.3) is 0 Å². The summed E-state index contributed by atoms with van der Waals surface area (Å²) in [6.45, 7) is 3.35. The Bertz CT molecular complexity index is 345. The van der Waals surface area contributed by atoms with Gasteiger partial charge in [-0.1, -0.05) is 6.92 Å². The summed E-state index contributed by atoms with van der Waals surface area (Å²) in [5.74, 6) is 0. The van der Waals surface area contributed by atoms with Gasteiger partial charge in [-0.05, 0) is 59.0 Å². The van der Waals surface area contributed by atoms with Crippen LogP contribution in [-0.2, 0) is 0 Å². The van der Waals surface area contributed by atoms with Gasteiger partial charge in [-0.15, -0.1) is 0 Å². The van der Waals surface area contributed by atoms with E-state index in [4.69, 9.17) is 5.73 Å². The van der Waals surface area contributed by atoms with Crippen LogP contribution < -0.4 is 11.1 Å². The molecule has 0 saturated heterocycles. The van der Waals surface area contributed by atoms with Crippen molar-refractivity contribution in [3.63, 3.8) is 0 Å². The number of benzene rings is 1. The molecule has 0 spiro atoms. The molecule has 3 N–H and O–H groups in total. The van der Waals surface area contributed by atoms with Crippen molar-refractivity contribution in [3.8, 4) is 0 Å². The van der Waals surface area contributed by atoms with Crippen LogP contribution in [0.25, 0.3) is 0 Å². The van der Waals surface area contributed by atoms with E-state index in [9.17, 15) is 0 Å². The molecule has 1 fully saturated rings. The van der Waals surface area contributed by atoms with Crippen LogP contribution in [-0.4, -0.2) is 6.54 Å². The van der Waals surface area contributed by atoms with Gasteiger partial charge in [-0.3, -0.25) is 0 Å². The number of halogens is 1. The second kappa shape index (κ2) is 3.61. The van der Waals surface area contributed by atoms with Crippen LogP contribution in [0.1, 0.15) is 19.8 Å². The van der Waals surface area contributed by atoms with Crippen LogP contribution in [0.2, 0.25) is 0 Å². The number of nitrogens with two attached hydrogens (primary N) is 1. The van der Waals surface area contributed by atoms with Crippen LogP contribution in [0, 0.1) is 8.99 Å². The lowest BCUT2D eigenvalue weighted by Gasteiger charge is -2.13. The van der Waals surface area contributed by atoms with Gasteiger partial charge in [0.15, 0.2) is 0 Å². The number of anilines is 2. The number of hydrogen-bond acceptors (Lipinski definition) is 2. The molecule has 76 valence electrons. The molecule has 1 aromatic carbocycles. The molecule has 2 rings (SSSR count). The summed E-state index contributed by atoms with van der Waals surface area (Å²) < 4.78 is 1.18. The largest absolute Gasteiger partial charge is 0.397 e. The predicted molar refractivity (Wildman–Crippen MR) is 69.4 cm³/mol. The first-order valence-corrected chi connectivity index (χ1v) is 5.96. The van der Waals surface area contributed by atoms with Crippen molar-refractivity contribution in [2.45, 2.75) is 19.8 Å². The van der Waals surface area contributed by atoms with Crippen LogP contribution in [0.4, 0.5) is 11.4 Å². The fourth-order valence-electron chi connectivity index (χ4n) is 1.39. The molecule has 1 aliphatic carbocycles. The highest BCUT2D eigenvalue weighted by Crippen LogP contribution is 2.44. The van der Waals surface area contributed by atoms with E-state index in [0.29, 0.717) is 5.41 Å². The van der Waals surface area contributed by atoms with E-state index >= 15 is 0 Å². The molecule has 2 nitrogen and oxygen atoms in total. The van der Waals surface area contributed by atoms with Crippen molar-refractivity contribution in [2.75, 3.05) is 17.6 Å². The average molecular weight is 302 g/mol. The summed E-state index contributed by atoms with van der Waals surface area (Å²) >= 11 is 2.27. The van der Waals surface area contributed by atoms with Gasteiger partial charge in [-0.25, -0.2) is 0 Å². The van der Waals surface area contributed by atoms with E-state index in [-0.39, 0.29) is 0 Å². The fraction of sp³-hybridized carbons (Fsp3) is 0.455. The molecule has 1 aliphatic rings. The van der Waals surface area contributed by atoms with E-state index in [0.717, 1.165) is 17.9 Å². The van der Waals surface area contributed by atoms with Crippen LogP contribution in [0.15, 0.2) is 18.2 Å². The van der Waals surface area contributed by atoms with Crippen molar-refractivity contribution in [1.82, 2.24) is 0 Å². The first kappa shape index (κ1) is 10.1. The monoisotopic (exact) mass is 302 g/mol. The van der Waals surface area contributed by atoms with E-state index in [1.807, 2.05) is 6.07 Å². The number of nitrogen functional groups attached to an aromatic ring is 1. The van der Waals surface area contributed by atoms with Gasteiger partial charge < -0.3 is 11.1 Å². The summed E-state index contributed by atoms with van der Waals surface area (Å²) in [5.41, 5.74) is 8.34. The smallest absolute Gasteiger partial charge is 0.0574 e. The quantitative estimate of drug-likeness (QED) is 0.665. The van der Waals surface area contributed by atoms with Crippen molar-refractivity contribution in [1.29, 1.82) is 0 Å². The normalized spacial score (nSPS) is 17.9. The Morgan fingerprint density at radius 3 is 2.79 bits per heavy atom. The number of hydrogen-bond donors (Lipinski definition) is 2. The maximum atomic E-state index is 5.90. The Hall–Kier alpha value is -0.450. The molecule has 3 heteroatoms. The van der Waals surface area contributed by atoms with Crippen LogP contribution >= 0.6 is 22.6 Å². The standard InChI is InChI=1S/C11H15IN2/c1-11(4-5-11)7-14-10-3-2-8(12)6-9(10)13/h2-3,6,14H,4-5,7,13H2,1H3. The lowest BCUT2D eigenvalue weighted by Crippen LogP contribution is -2.12. The Kier molecular flexibility index (Phi) is 2.60. The van der Waals surface area contributed by atoms with Gasteiger partial charge in [0.05, 0.1) is 11.4 Å². The fourth-order valence-corrected chi connectivity index (χ4v) is 1.91. The van der Waals surface area contributed by atoms with E-state index in [2.05, 4.69) is 47.0 Å². The Morgan fingerprint density at radius 1 is 1.50 bits per heavy atom. The zero-order valence-corrected chi connectivity index (χ0v) is 10.5. The van der Waals surface area contributed by atoms with Gasteiger partial charge in [-0.2, -0.15) is 0 Å². The minimum absolute atomic E-state index is 0.523. The summed E-state index contributed by atoms with van der Waals surface area (Å²) in [4.78, 5) is 0. The molecule has 1 aromatic rings. The molecule has 0 aliphatic heterocycles. The molecular formula is C11H15IN2. The van der Waals surface area contributed by atoms with Crippen LogP contribution in [0.5, 0.6) is 0 Å². The highest BCUT2D eigenvalue weighted by molar-refractivity contribution is 14.1. The number of rotatable bonds is 3. The first-order valence-electron chi connectivity index (χ1n) is 4.88. The maximum Gasteiger partial charge on any atom is 0.0574 e. The van der Waals surface area contributed by atoms with Gasteiger partial charge in [0.2, 0.25) is 0 Å². The van der Waals surface area contributed by atoms with E-state index < -0.39 is 0 Å². The summed E-state index contributed by atoms with van der Waals surface area (Å²) in [6, 6.07) is 6.13. The topological polar surface area (TPSA) is 38.0 Å². The summed E-state index contributed by atoms with van der Waals surface area (Å²) in [6.07, 6.45) is 2.68. The highest BCUT2D eigenvalue weighted by atomic mass is 127. The van der Waals surface area contributed by atoms with Crippen molar-refractivity contribution >= 4 is 34.0 Å². The SMILES string of the molecule is CC1(CNc2ccc(I)cc2N)CC1. The molecule has 0 radical (unpaired) electrons. The molecule has 14 heavy (non-hydrogen) atoms. The van der Waals surface area contributed by atoms with Gasteiger partial charge >= 0.3 is 0 Å². The molecular weight excluding hydrogens is 287 g/mol. The minimum Gasteiger partial charge on any atom is -0.397 e. The highest BCUT2D eigenvalue weighted by Gasteiger charge is 2.36. The molecule has 0 bridgehead atoms. The third kappa shape index (κ3) is 2.32. The first-order chi connectivity index (χ1) is 6.59. The minimum atomic E-state index is 0.523. The van der Waals surface area contributed by atoms with Crippen molar-refractivity contribution in [3.05, 3.63) is 21.8 Å². The predicted octanol–water partition coefficient (Wildman–Crippen LogP) is 3.09. The molecule has 0 amide bonds. The van der Waals surface area contributed by atoms with Crippen molar-refractivity contribution < 1.29 is 0 Å². The third-order valence-corrected chi connectivity index (χ3v) is 3.49. The van der Waals surface area contributed by atoms with E-state index in [1.54, 1.807) is 0 Å². The lowest BCUT2D eigenvalue weighted by atomic mass is 10.1. The van der Waals surface area contributed by atoms with Gasteiger partial charge in [0, 0.05) is 10.1 Å². The number of nitrogens with one attached hydrogen (secondary N) is 1. The molecule has 1 saturated carbocycles. The molecule has 0 atom stereocenters. The summed E-state index contributed by atoms with van der Waals surface area (Å²) in [5, 5.41) is 3.41. The van der Waals surface area contributed by atoms with Crippen LogP contribution in [0.3, 0.4) is 0 Å². The second-order valence-electron chi connectivity index (χ2n) is 4.40. The summed E-state index contributed by atoms with van der Waals surface area (Å²) in [7, 11) is 0. The Balaban J connectivity index is 2.02. The van der Waals surface area contributed by atoms with Crippen molar-refractivity contribution in [2.24, 2.45) is 5.41 Å². The molecule has 0 aromatic heterocycles. The zero-order chi connectivity index (χ0) is 10.2. The Morgan fingerprint density at radius 2 is 2.21 bits per heavy atom. The zero-order valence-electron chi connectivity index (χ0n) is 8.31. The average Bonchev–Trinajstić information content (AvgIpc) is 2.83. The lowest BCUT2D eigenvalue weighted by molar-refractivity contribution is 0.611. The Labute approximate surface area is 98.4 Å². The third-order valence-electron chi connectivity index (χ3n) is 2.82. The maximum absolute atomic E-state index is 5.90. The second-order valence-corrected chi connectivity index (χ2v) is 5.64. The molecule has 0 heterocycles. The van der Waals surface area contributed by atoms with E-state index in [1.165, 1.54) is 16.4 Å². The van der Waals surface area contributed by atoms with Gasteiger partial charge in [0.1, 0.15) is 0 Å². The molecule has 0 unspecified atom stereocenters.